The van der Waals surface area contributed by atoms with Gasteiger partial charge in [-0.25, -0.2) is 9.67 Å². The van der Waals surface area contributed by atoms with Gasteiger partial charge in [0.05, 0.1) is 22.8 Å². The lowest BCUT2D eigenvalue weighted by molar-refractivity contribution is 0.0916. The van der Waals surface area contributed by atoms with E-state index in [9.17, 15) is 4.79 Å². The Balaban J connectivity index is 1.81. The molecule has 6 nitrogen and oxygen atoms in total. The molecule has 1 aliphatic heterocycles. The molecule has 1 fully saturated rings. The molecule has 29 heavy (non-hydrogen) atoms. The average molecular weight is 392 g/mol. The van der Waals surface area contributed by atoms with E-state index in [-0.39, 0.29) is 18.0 Å². The predicted octanol–water partition coefficient (Wildman–Crippen LogP) is 3.72. The summed E-state index contributed by atoms with van der Waals surface area (Å²) in [6.45, 7) is 10.2. The van der Waals surface area contributed by atoms with Crippen molar-refractivity contribution in [1.82, 2.24) is 25.4 Å². The lowest BCUT2D eigenvalue weighted by atomic mass is 9.94. The van der Waals surface area contributed by atoms with Crippen molar-refractivity contribution in [3.8, 4) is 11.3 Å². The minimum Gasteiger partial charge on any atom is -0.349 e. The molecular formula is C23H29N5O. The minimum atomic E-state index is -0.0470. The molecular weight excluding hydrogens is 362 g/mol. The second kappa shape index (κ2) is 7.95. The van der Waals surface area contributed by atoms with E-state index in [0.717, 1.165) is 47.4 Å². The fourth-order valence-corrected chi connectivity index (χ4v) is 4.06. The van der Waals surface area contributed by atoms with Crippen LogP contribution in [0.1, 0.15) is 49.2 Å². The smallest absolute Gasteiger partial charge is 0.252 e. The summed E-state index contributed by atoms with van der Waals surface area (Å²) in [7, 11) is 0. The van der Waals surface area contributed by atoms with E-state index in [1.165, 1.54) is 0 Å². The van der Waals surface area contributed by atoms with Gasteiger partial charge in [-0.05, 0) is 57.8 Å². The first-order valence-corrected chi connectivity index (χ1v) is 10.4. The topological polar surface area (TPSA) is 71.8 Å². The van der Waals surface area contributed by atoms with Crippen LogP contribution in [0.25, 0.3) is 22.3 Å². The van der Waals surface area contributed by atoms with Crippen LogP contribution < -0.4 is 10.6 Å². The van der Waals surface area contributed by atoms with Crippen molar-refractivity contribution >= 4 is 16.9 Å². The van der Waals surface area contributed by atoms with E-state index in [1.807, 2.05) is 22.9 Å². The number of nitrogens with zero attached hydrogens (tertiary/aromatic N) is 3. The van der Waals surface area contributed by atoms with Gasteiger partial charge in [0.15, 0.2) is 5.65 Å². The number of rotatable bonds is 4. The first-order chi connectivity index (χ1) is 14.0. The number of aromatic nitrogens is 3. The van der Waals surface area contributed by atoms with E-state index in [0.29, 0.717) is 11.5 Å². The van der Waals surface area contributed by atoms with Gasteiger partial charge in [-0.2, -0.15) is 5.10 Å². The molecule has 0 aliphatic carbocycles. The van der Waals surface area contributed by atoms with Crippen molar-refractivity contribution in [2.24, 2.45) is 5.92 Å². The van der Waals surface area contributed by atoms with Crippen molar-refractivity contribution in [2.45, 2.75) is 46.2 Å². The Bertz CT molecular complexity index is 1040. The number of piperidine rings is 1. The molecule has 1 saturated heterocycles. The zero-order chi connectivity index (χ0) is 20.5. The molecule has 2 N–H and O–H groups in total. The molecule has 152 valence electrons. The summed E-state index contributed by atoms with van der Waals surface area (Å²) >= 11 is 0. The van der Waals surface area contributed by atoms with Gasteiger partial charge >= 0.3 is 0 Å². The molecule has 2 atom stereocenters. The number of carbonyl (C=O) groups excluding carboxylic acids is 1. The fourth-order valence-electron chi connectivity index (χ4n) is 4.06. The second-order valence-electron chi connectivity index (χ2n) is 8.34. The van der Waals surface area contributed by atoms with Gasteiger partial charge in [0.25, 0.3) is 5.91 Å². The summed E-state index contributed by atoms with van der Waals surface area (Å²) < 4.78 is 1.89. The molecule has 3 heterocycles. The number of hydrogen-bond donors (Lipinski definition) is 2. The Morgan fingerprint density at radius 3 is 2.83 bits per heavy atom. The van der Waals surface area contributed by atoms with E-state index in [1.54, 1.807) is 6.20 Å². The lowest BCUT2D eigenvalue weighted by Crippen LogP contribution is -2.48. The highest BCUT2D eigenvalue weighted by Crippen LogP contribution is 2.28. The average Bonchev–Trinajstić information content (AvgIpc) is 3.13. The van der Waals surface area contributed by atoms with Gasteiger partial charge in [0, 0.05) is 17.6 Å². The molecule has 1 aliphatic rings. The Morgan fingerprint density at radius 1 is 1.31 bits per heavy atom. The van der Waals surface area contributed by atoms with Crippen LogP contribution in [-0.4, -0.2) is 39.8 Å². The summed E-state index contributed by atoms with van der Waals surface area (Å²) in [6.07, 6.45) is 2.71. The van der Waals surface area contributed by atoms with Crippen LogP contribution in [0.4, 0.5) is 0 Å². The molecule has 0 saturated carbocycles. The molecule has 2 unspecified atom stereocenters. The van der Waals surface area contributed by atoms with Gasteiger partial charge in [-0.1, -0.05) is 31.2 Å². The van der Waals surface area contributed by atoms with Gasteiger partial charge in [0.1, 0.15) is 0 Å². The SMILES string of the molecule is Cc1ccccc1-c1cc(C(=O)NC2CCNCC2C)c2cnn(C(C)C)c2n1. The van der Waals surface area contributed by atoms with Gasteiger partial charge in [0.2, 0.25) is 0 Å². The quantitative estimate of drug-likeness (QED) is 0.711. The monoisotopic (exact) mass is 391 g/mol. The third kappa shape index (κ3) is 3.77. The normalized spacial score (nSPS) is 19.6. The van der Waals surface area contributed by atoms with E-state index < -0.39 is 0 Å². The molecule has 4 rings (SSSR count). The van der Waals surface area contributed by atoms with Crippen molar-refractivity contribution in [3.05, 3.63) is 47.7 Å². The molecule has 2 aromatic heterocycles. The van der Waals surface area contributed by atoms with Crippen LogP contribution in [0.5, 0.6) is 0 Å². The maximum absolute atomic E-state index is 13.3. The van der Waals surface area contributed by atoms with Crippen LogP contribution >= 0.6 is 0 Å². The Morgan fingerprint density at radius 2 is 2.10 bits per heavy atom. The molecule has 0 spiro atoms. The Labute approximate surface area is 171 Å². The van der Waals surface area contributed by atoms with Crippen LogP contribution in [0.3, 0.4) is 0 Å². The Hall–Kier alpha value is -2.73. The predicted molar refractivity (Wildman–Crippen MR) is 116 cm³/mol. The third-order valence-corrected chi connectivity index (χ3v) is 5.82. The summed E-state index contributed by atoms with van der Waals surface area (Å²) in [5.74, 6) is 0.355. The van der Waals surface area contributed by atoms with Crippen molar-refractivity contribution in [3.63, 3.8) is 0 Å². The van der Waals surface area contributed by atoms with Gasteiger partial charge in [-0.15, -0.1) is 0 Å². The maximum Gasteiger partial charge on any atom is 0.252 e. The largest absolute Gasteiger partial charge is 0.349 e. The first-order valence-electron chi connectivity index (χ1n) is 10.4. The molecule has 0 radical (unpaired) electrons. The zero-order valence-corrected chi connectivity index (χ0v) is 17.6. The van der Waals surface area contributed by atoms with Crippen LogP contribution in [0.15, 0.2) is 36.5 Å². The highest BCUT2D eigenvalue weighted by molar-refractivity contribution is 6.06. The lowest BCUT2D eigenvalue weighted by Gasteiger charge is -2.30. The molecule has 1 amide bonds. The van der Waals surface area contributed by atoms with Crippen LogP contribution in [-0.2, 0) is 0 Å². The first kappa shape index (κ1) is 19.6. The van der Waals surface area contributed by atoms with E-state index >= 15 is 0 Å². The number of fused-ring (bicyclic) bond motifs is 1. The minimum absolute atomic E-state index is 0.0470. The van der Waals surface area contributed by atoms with E-state index in [2.05, 4.69) is 55.6 Å². The van der Waals surface area contributed by atoms with Crippen LogP contribution in [0, 0.1) is 12.8 Å². The van der Waals surface area contributed by atoms with Gasteiger partial charge < -0.3 is 10.6 Å². The van der Waals surface area contributed by atoms with E-state index in [4.69, 9.17) is 4.98 Å². The zero-order valence-electron chi connectivity index (χ0n) is 17.6. The number of benzene rings is 1. The number of carbonyl (C=O) groups is 1. The number of aryl methyl sites for hydroxylation is 1. The summed E-state index contributed by atoms with van der Waals surface area (Å²) in [4.78, 5) is 18.2. The third-order valence-electron chi connectivity index (χ3n) is 5.82. The van der Waals surface area contributed by atoms with Gasteiger partial charge in [-0.3, -0.25) is 4.79 Å². The number of pyridine rings is 1. The highest BCUT2D eigenvalue weighted by Gasteiger charge is 2.25. The number of hydrogen-bond acceptors (Lipinski definition) is 4. The summed E-state index contributed by atoms with van der Waals surface area (Å²) in [5.41, 5.74) is 4.38. The molecule has 1 aromatic carbocycles. The standard InChI is InChI=1S/C23H29N5O/c1-14(2)28-22-19(13-25-28)18(23(29)27-20-9-10-24-12-16(20)4)11-21(26-22)17-8-6-5-7-15(17)3/h5-8,11,13-14,16,20,24H,9-10,12H2,1-4H3,(H,27,29). The fraction of sp³-hybridized carbons (Fsp3) is 0.435. The molecule has 3 aromatic rings. The summed E-state index contributed by atoms with van der Waals surface area (Å²) in [5, 5.41) is 12.0. The van der Waals surface area contributed by atoms with Crippen molar-refractivity contribution in [1.29, 1.82) is 0 Å². The molecule has 0 bridgehead atoms. The maximum atomic E-state index is 13.3. The van der Waals surface area contributed by atoms with Crippen molar-refractivity contribution < 1.29 is 4.79 Å². The summed E-state index contributed by atoms with van der Waals surface area (Å²) in [6, 6.07) is 10.4. The van der Waals surface area contributed by atoms with Crippen molar-refractivity contribution in [2.75, 3.05) is 13.1 Å². The van der Waals surface area contributed by atoms with Crippen LogP contribution in [0.2, 0.25) is 0 Å². The molecule has 6 heteroatoms. The Kier molecular flexibility index (Phi) is 5.37. The second-order valence-corrected chi connectivity index (χ2v) is 8.34. The highest BCUT2D eigenvalue weighted by atomic mass is 16.1. The number of nitrogens with one attached hydrogen (secondary N) is 2. The number of amides is 1.